The number of nitrogen functional groups attached to an aromatic ring is 1. The molecule has 1 aromatic heterocycles. The lowest BCUT2D eigenvalue weighted by Crippen LogP contribution is -2.02. The minimum Gasteiger partial charge on any atom is -0.383 e. The van der Waals surface area contributed by atoms with Gasteiger partial charge in [0.25, 0.3) is 0 Å². The molecule has 0 bridgehead atoms. The van der Waals surface area contributed by atoms with Crippen molar-refractivity contribution in [3.63, 3.8) is 0 Å². The van der Waals surface area contributed by atoms with Crippen LogP contribution in [0.3, 0.4) is 0 Å². The maximum atomic E-state index is 5.98. The number of benzene rings is 1. The van der Waals surface area contributed by atoms with Crippen LogP contribution in [-0.2, 0) is 12.8 Å². The van der Waals surface area contributed by atoms with E-state index in [0.717, 1.165) is 46.4 Å². The zero-order valence-electron chi connectivity index (χ0n) is 9.28. The summed E-state index contributed by atoms with van der Waals surface area (Å²) in [6, 6.07) is 7.98. The molecule has 1 aliphatic carbocycles. The average molecular weight is 290 g/mol. The van der Waals surface area contributed by atoms with Crippen LogP contribution in [0.25, 0.3) is 11.4 Å². The summed E-state index contributed by atoms with van der Waals surface area (Å²) in [5.74, 6) is 1.38. The van der Waals surface area contributed by atoms with Gasteiger partial charge in [-0.1, -0.05) is 28.1 Å². The van der Waals surface area contributed by atoms with Crippen molar-refractivity contribution in [1.29, 1.82) is 0 Å². The van der Waals surface area contributed by atoms with Crippen molar-refractivity contribution >= 4 is 21.7 Å². The number of nitrogens with zero attached hydrogens (tertiary/aromatic N) is 2. The van der Waals surface area contributed by atoms with Crippen molar-refractivity contribution < 1.29 is 0 Å². The first-order chi connectivity index (χ1) is 8.24. The molecule has 0 saturated carbocycles. The topological polar surface area (TPSA) is 51.8 Å². The van der Waals surface area contributed by atoms with Gasteiger partial charge in [0.15, 0.2) is 5.82 Å². The van der Waals surface area contributed by atoms with Gasteiger partial charge in [0.05, 0.1) is 0 Å². The maximum Gasteiger partial charge on any atom is 0.161 e. The van der Waals surface area contributed by atoms with Crippen molar-refractivity contribution in [1.82, 2.24) is 9.97 Å². The fourth-order valence-corrected chi connectivity index (χ4v) is 2.45. The molecule has 0 amide bonds. The molecule has 0 atom stereocenters. The Morgan fingerprint density at radius 2 is 1.82 bits per heavy atom. The summed E-state index contributed by atoms with van der Waals surface area (Å²) in [6.07, 6.45) is 3.17. The van der Waals surface area contributed by atoms with Crippen molar-refractivity contribution in [3.8, 4) is 11.4 Å². The van der Waals surface area contributed by atoms with E-state index in [1.807, 2.05) is 24.3 Å². The van der Waals surface area contributed by atoms with Crippen LogP contribution >= 0.6 is 15.9 Å². The number of aryl methyl sites for hydroxylation is 1. The number of halogens is 1. The monoisotopic (exact) mass is 289 g/mol. The lowest BCUT2D eigenvalue weighted by molar-refractivity contribution is 0.900. The highest BCUT2D eigenvalue weighted by Crippen LogP contribution is 2.27. The molecule has 0 spiro atoms. The van der Waals surface area contributed by atoms with Crippen LogP contribution in [0.15, 0.2) is 28.7 Å². The van der Waals surface area contributed by atoms with Gasteiger partial charge in [-0.15, -0.1) is 0 Å². The van der Waals surface area contributed by atoms with Crippen molar-refractivity contribution in [2.75, 3.05) is 5.73 Å². The highest BCUT2D eigenvalue weighted by atomic mass is 79.9. The molecule has 0 unspecified atom stereocenters. The third-order valence-electron chi connectivity index (χ3n) is 3.07. The number of rotatable bonds is 1. The van der Waals surface area contributed by atoms with Gasteiger partial charge in [-0.2, -0.15) is 0 Å². The van der Waals surface area contributed by atoms with Gasteiger partial charge >= 0.3 is 0 Å². The second-order valence-electron chi connectivity index (χ2n) is 4.22. The molecule has 3 nitrogen and oxygen atoms in total. The summed E-state index contributed by atoms with van der Waals surface area (Å²) in [4.78, 5) is 9.00. The number of hydrogen-bond acceptors (Lipinski definition) is 3. The Hall–Kier alpha value is -1.42. The van der Waals surface area contributed by atoms with E-state index >= 15 is 0 Å². The Labute approximate surface area is 108 Å². The molecule has 0 radical (unpaired) electrons. The number of anilines is 1. The van der Waals surface area contributed by atoms with Crippen molar-refractivity contribution in [2.45, 2.75) is 19.3 Å². The molecule has 1 aromatic carbocycles. The third-order valence-corrected chi connectivity index (χ3v) is 3.60. The summed E-state index contributed by atoms with van der Waals surface area (Å²) in [5, 5.41) is 0. The Morgan fingerprint density at radius 1 is 1.06 bits per heavy atom. The molecule has 2 N–H and O–H groups in total. The first-order valence-corrected chi connectivity index (χ1v) is 6.44. The SMILES string of the molecule is Nc1nc(-c2ccc(Br)cc2)nc2c1CCC2. The fourth-order valence-electron chi connectivity index (χ4n) is 2.19. The fraction of sp³-hybridized carbons (Fsp3) is 0.231. The van der Waals surface area contributed by atoms with E-state index in [1.54, 1.807) is 0 Å². The molecular formula is C13H12BrN3. The van der Waals surface area contributed by atoms with Gasteiger partial charge in [-0.25, -0.2) is 9.97 Å². The highest BCUT2D eigenvalue weighted by Gasteiger charge is 2.18. The lowest BCUT2D eigenvalue weighted by Gasteiger charge is -2.06. The van der Waals surface area contributed by atoms with Crippen LogP contribution in [0.5, 0.6) is 0 Å². The Kier molecular flexibility index (Phi) is 2.59. The number of nitrogens with two attached hydrogens (primary N) is 1. The van der Waals surface area contributed by atoms with E-state index in [4.69, 9.17) is 5.73 Å². The normalized spacial score (nSPS) is 13.7. The van der Waals surface area contributed by atoms with Crippen molar-refractivity contribution in [2.24, 2.45) is 0 Å². The average Bonchev–Trinajstić information content (AvgIpc) is 2.78. The van der Waals surface area contributed by atoms with E-state index in [2.05, 4.69) is 25.9 Å². The van der Waals surface area contributed by atoms with Gasteiger partial charge in [-0.05, 0) is 31.4 Å². The molecule has 1 heterocycles. The second kappa shape index (κ2) is 4.11. The summed E-state index contributed by atoms with van der Waals surface area (Å²) >= 11 is 3.42. The van der Waals surface area contributed by atoms with Crippen LogP contribution in [0.4, 0.5) is 5.82 Å². The van der Waals surface area contributed by atoms with Gasteiger partial charge in [0.1, 0.15) is 5.82 Å². The lowest BCUT2D eigenvalue weighted by atomic mass is 10.2. The molecule has 0 fully saturated rings. The van der Waals surface area contributed by atoms with Gasteiger partial charge < -0.3 is 5.73 Å². The van der Waals surface area contributed by atoms with Crippen LogP contribution in [0.1, 0.15) is 17.7 Å². The van der Waals surface area contributed by atoms with E-state index in [0.29, 0.717) is 5.82 Å². The zero-order chi connectivity index (χ0) is 11.8. The Morgan fingerprint density at radius 3 is 2.59 bits per heavy atom. The molecule has 86 valence electrons. The largest absolute Gasteiger partial charge is 0.383 e. The molecule has 4 heteroatoms. The van der Waals surface area contributed by atoms with E-state index in [1.165, 1.54) is 0 Å². The molecule has 1 aliphatic rings. The standard InChI is InChI=1S/C13H12BrN3/c14-9-6-4-8(5-7-9)13-16-11-3-1-2-10(11)12(15)17-13/h4-7H,1-3H2,(H2,15,16,17). The highest BCUT2D eigenvalue weighted by molar-refractivity contribution is 9.10. The number of hydrogen-bond donors (Lipinski definition) is 1. The molecule has 0 saturated heterocycles. The molecule has 0 aliphatic heterocycles. The smallest absolute Gasteiger partial charge is 0.161 e. The van der Waals surface area contributed by atoms with E-state index in [9.17, 15) is 0 Å². The van der Waals surface area contributed by atoms with Gasteiger partial charge in [0.2, 0.25) is 0 Å². The van der Waals surface area contributed by atoms with Crippen molar-refractivity contribution in [3.05, 3.63) is 40.0 Å². The molecular weight excluding hydrogens is 278 g/mol. The minimum atomic E-state index is 0.644. The summed E-state index contributed by atoms with van der Waals surface area (Å²) in [5.41, 5.74) is 9.25. The van der Waals surface area contributed by atoms with Crippen LogP contribution in [0, 0.1) is 0 Å². The Bertz CT molecular complexity index is 564. The quantitative estimate of drug-likeness (QED) is 0.878. The first kappa shape index (κ1) is 10.7. The summed E-state index contributed by atoms with van der Waals surface area (Å²) in [7, 11) is 0. The molecule has 3 rings (SSSR count). The van der Waals surface area contributed by atoms with Gasteiger partial charge in [-0.3, -0.25) is 0 Å². The van der Waals surface area contributed by atoms with Gasteiger partial charge in [0, 0.05) is 21.3 Å². The predicted molar refractivity (Wildman–Crippen MR) is 71.6 cm³/mol. The number of fused-ring (bicyclic) bond motifs is 1. The van der Waals surface area contributed by atoms with Crippen LogP contribution < -0.4 is 5.73 Å². The first-order valence-electron chi connectivity index (χ1n) is 5.65. The van der Waals surface area contributed by atoms with E-state index in [-0.39, 0.29) is 0 Å². The Balaban J connectivity index is 2.10. The third kappa shape index (κ3) is 1.93. The minimum absolute atomic E-state index is 0.644. The summed E-state index contributed by atoms with van der Waals surface area (Å²) in [6.45, 7) is 0. The van der Waals surface area contributed by atoms with Crippen LogP contribution in [-0.4, -0.2) is 9.97 Å². The predicted octanol–water partition coefficient (Wildman–Crippen LogP) is 2.98. The van der Waals surface area contributed by atoms with Crippen LogP contribution in [0.2, 0.25) is 0 Å². The maximum absolute atomic E-state index is 5.98. The second-order valence-corrected chi connectivity index (χ2v) is 5.13. The summed E-state index contributed by atoms with van der Waals surface area (Å²) < 4.78 is 1.05. The number of aromatic nitrogens is 2. The molecule has 17 heavy (non-hydrogen) atoms. The van der Waals surface area contributed by atoms with E-state index < -0.39 is 0 Å². The molecule has 2 aromatic rings. The zero-order valence-corrected chi connectivity index (χ0v) is 10.9.